The molecule has 0 bridgehead atoms. The lowest BCUT2D eigenvalue weighted by molar-refractivity contribution is 0.669. The van der Waals surface area contributed by atoms with Crippen molar-refractivity contribution in [2.24, 2.45) is 0 Å². The minimum Gasteiger partial charge on any atom is -0.456 e. The van der Waals surface area contributed by atoms with E-state index >= 15 is 0 Å². The molecule has 0 atom stereocenters. The molecular formula is C58H37NO. The highest BCUT2D eigenvalue weighted by Crippen LogP contribution is 2.45. The van der Waals surface area contributed by atoms with Gasteiger partial charge in [0.15, 0.2) is 0 Å². The largest absolute Gasteiger partial charge is 0.456 e. The molecule has 12 aromatic rings. The first kappa shape index (κ1) is 34.1. The number of anilines is 3. The normalized spacial score (nSPS) is 11.7. The molecule has 60 heavy (non-hydrogen) atoms. The van der Waals surface area contributed by atoms with Crippen LogP contribution >= 0.6 is 0 Å². The number of benzene rings is 11. The number of para-hydroxylation sites is 1. The van der Waals surface area contributed by atoms with Gasteiger partial charge in [0.05, 0.1) is 11.1 Å². The second kappa shape index (κ2) is 13.9. The summed E-state index contributed by atoms with van der Waals surface area (Å²) in [6.45, 7) is 0. The maximum Gasteiger partial charge on any atom is 0.137 e. The van der Waals surface area contributed by atoms with Gasteiger partial charge in [0.2, 0.25) is 0 Å². The van der Waals surface area contributed by atoms with E-state index in [0.717, 1.165) is 39.0 Å². The molecule has 0 radical (unpaired) electrons. The van der Waals surface area contributed by atoms with Crippen LogP contribution in [0.3, 0.4) is 0 Å². The van der Waals surface area contributed by atoms with Crippen molar-refractivity contribution in [1.82, 2.24) is 0 Å². The van der Waals surface area contributed by atoms with Crippen molar-refractivity contribution < 1.29 is 4.42 Å². The highest BCUT2D eigenvalue weighted by atomic mass is 16.3. The van der Waals surface area contributed by atoms with Crippen LogP contribution in [0.2, 0.25) is 0 Å². The standard InChI is InChI=1S/C58H37NO/c1-3-14-48-41(10-1)26-27-45-36-43(31-34-51(45)48)40-24-22-38(23-25-40)39-28-32-46(33-29-39)59(55-19-9-21-57-58(55)54-16-5-6-20-56(54)60-57)47-13-7-12-44(37-47)50-17-8-18-52-49-15-4-2-11-42(49)30-35-53(50)52/h1-37H. The zero-order valence-electron chi connectivity index (χ0n) is 32.7. The van der Waals surface area contributed by atoms with Crippen LogP contribution < -0.4 is 4.90 Å². The third-order valence-electron chi connectivity index (χ3n) is 12.2. The fraction of sp³-hybridized carbons (Fsp3) is 0. The molecule has 0 fully saturated rings. The fourth-order valence-electron chi connectivity index (χ4n) is 9.32. The van der Waals surface area contributed by atoms with Crippen LogP contribution in [0.1, 0.15) is 0 Å². The summed E-state index contributed by atoms with van der Waals surface area (Å²) in [6.07, 6.45) is 0. The van der Waals surface area contributed by atoms with E-state index in [0.29, 0.717) is 0 Å². The number of rotatable bonds is 6. The Morgan fingerprint density at radius 2 is 0.833 bits per heavy atom. The Bertz CT molecular complexity index is 3600. The van der Waals surface area contributed by atoms with E-state index in [-0.39, 0.29) is 0 Å². The Kier molecular flexibility index (Phi) is 7.89. The second-order valence-electron chi connectivity index (χ2n) is 15.7. The molecule has 0 N–H and O–H groups in total. The van der Waals surface area contributed by atoms with E-state index < -0.39 is 0 Å². The van der Waals surface area contributed by atoms with Crippen LogP contribution in [0.25, 0.3) is 98.4 Å². The third kappa shape index (κ3) is 5.65. The van der Waals surface area contributed by atoms with Crippen molar-refractivity contribution in [2.75, 3.05) is 4.90 Å². The average Bonchev–Trinajstić information content (AvgIpc) is 3.71. The van der Waals surface area contributed by atoms with Gasteiger partial charge in [0.25, 0.3) is 0 Å². The zero-order valence-corrected chi connectivity index (χ0v) is 32.7. The van der Waals surface area contributed by atoms with Crippen LogP contribution in [0.5, 0.6) is 0 Å². The first-order valence-electron chi connectivity index (χ1n) is 20.6. The topological polar surface area (TPSA) is 16.4 Å². The van der Waals surface area contributed by atoms with Crippen molar-refractivity contribution in [3.8, 4) is 33.4 Å². The lowest BCUT2D eigenvalue weighted by atomic mass is 9.94. The number of hydrogen-bond donors (Lipinski definition) is 0. The summed E-state index contributed by atoms with van der Waals surface area (Å²) < 4.78 is 6.42. The van der Waals surface area contributed by atoms with Crippen LogP contribution in [0.15, 0.2) is 229 Å². The Balaban J connectivity index is 0.943. The Hall–Kier alpha value is -7.94. The van der Waals surface area contributed by atoms with Crippen molar-refractivity contribution in [3.63, 3.8) is 0 Å². The highest BCUT2D eigenvalue weighted by molar-refractivity contribution is 6.15. The second-order valence-corrected chi connectivity index (χ2v) is 15.7. The van der Waals surface area contributed by atoms with E-state index in [9.17, 15) is 0 Å². The number of nitrogens with zero attached hydrogens (tertiary/aromatic N) is 1. The molecule has 12 rings (SSSR count). The van der Waals surface area contributed by atoms with Crippen molar-refractivity contribution in [3.05, 3.63) is 224 Å². The van der Waals surface area contributed by atoms with Crippen molar-refractivity contribution in [2.45, 2.75) is 0 Å². The van der Waals surface area contributed by atoms with Crippen LogP contribution in [0, 0.1) is 0 Å². The van der Waals surface area contributed by atoms with E-state index in [4.69, 9.17) is 4.42 Å². The highest BCUT2D eigenvalue weighted by Gasteiger charge is 2.20. The summed E-state index contributed by atoms with van der Waals surface area (Å²) in [5, 5.41) is 12.3. The van der Waals surface area contributed by atoms with Gasteiger partial charge >= 0.3 is 0 Å². The number of fused-ring (bicyclic) bond motifs is 9. The molecule has 0 aliphatic rings. The predicted octanol–water partition coefficient (Wildman–Crippen LogP) is 16.7. The summed E-state index contributed by atoms with van der Waals surface area (Å²) in [7, 11) is 0. The molecule has 280 valence electrons. The monoisotopic (exact) mass is 763 g/mol. The summed E-state index contributed by atoms with van der Waals surface area (Å²) >= 11 is 0. The fourth-order valence-corrected chi connectivity index (χ4v) is 9.32. The number of hydrogen-bond acceptors (Lipinski definition) is 2. The molecule has 0 unspecified atom stereocenters. The molecule has 0 amide bonds. The molecule has 0 saturated carbocycles. The van der Waals surface area contributed by atoms with E-state index in [1.165, 1.54) is 76.5 Å². The van der Waals surface area contributed by atoms with Crippen LogP contribution in [-0.2, 0) is 0 Å². The Morgan fingerprint density at radius 3 is 1.63 bits per heavy atom. The molecule has 1 heterocycles. The van der Waals surface area contributed by atoms with Gasteiger partial charge in [-0.25, -0.2) is 0 Å². The van der Waals surface area contributed by atoms with Gasteiger partial charge in [0, 0.05) is 16.8 Å². The summed E-state index contributed by atoms with van der Waals surface area (Å²) in [6, 6.07) is 81.3. The molecule has 0 saturated heterocycles. The molecule has 2 heteroatoms. The minimum absolute atomic E-state index is 0.868. The molecule has 0 aliphatic heterocycles. The van der Waals surface area contributed by atoms with Gasteiger partial charge in [-0.2, -0.15) is 0 Å². The van der Waals surface area contributed by atoms with Crippen molar-refractivity contribution >= 4 is 82.1 Å². The van der Waals surface area contributed by atoms with Gasteiger partial charge in [-0.05, 0) is 125 Å². The molecule has 0 spiro atoms. The Morgan fingerprint density at radius 1 is 0.283 bits per heavy atom. The van der Waals surface area contributed by atoms with Gasteiger partial charge in [0.1, 0.15) is 11.2 Å². The SMILES string of the molecule is c1cc(-c2cccc3c2ccc2ccccc23)cc(N(c2ccc(-c3ccc(-c4ccc5c(ccc6ccccc65)c4)cc3)cc2)c2cccc3oc4ccccc4c23)c1. The molecule has 1 aromatic heterocycles. The minimum atomic E-state index is 0.868. The van der Waals surface area contributed by atoms with Crippen molar-refractivity contribution in [1.29, 1.82) is 0 Å². The molecular weight excluding hydrogens is 727 g/mol. The lowest BCUT2D eigenvalue weighted by Crippen LogP contribution is -2.10. The Labute approximate surface area is 347 Å². The van der Waals surface area contributed by atoms with Crippen LogP contribution in [0.4, 0.5) is 17.1 Å². The average molecular weight is 764 g/mol. The maximum atomic E-state index is 6.42. The lowest BCUT2D eigenvalue weighted by Gasteiger charge is -2.27. The van der Waals surface area contributed by atoms with Gasteiger partial charge in [-0.15, -0.1) is 0 Å². The van der Waals surface area contributed by atoms with Crippen LogP contribution in [-0.4, -0.2) is 0 Å². The van der Waals surface area contributed by atoms with E-state index in [1.807, 2.05) is 6.07 Å². The molecule has 0 aliphatic carbocycles. The molecule has 2 nitrogen and oxygen atoms in total. The summed E-state index contributed by atoms with van der Waals surface area (Å²) in [5.74, 6) is 0. The number of furan rings is 1. The predicted molar refractivity (Wildman–Crippen MR) is 255 cm³/mol. The summed E-state index contributed by atoms with van der Waals surface area (Å²) in [4.78, 5) is 2.38. The first-order valence-corrected chi connectivity index (χ1v) is 20.6. The van der Waals surface area contributed by atoms with Gasteiger partial charge < -0.3 is 9.32 Å². The van der Waals surface area contributed by atoms with E-state index in [2.05, 4.69) is 223 Å². The summed E-state index contributed by atoms with van der Waals surface area (Å²) in [5.41, 5.74) is 12.1. The quantitative estimate of drug-likeness (QED) is 0.157. The third-order valence-corrected chi connectivity index (χ3v) is 12.2. The van der Waals surface area contributed by atoms with Gasteiger partial charge in [-0.3, -0.25) is 0 Å². The smallest absolute Gasteiger partial charge is 0.137 e. The first-order chi connectivity index (χ1) is 29.7. The zero-order chi connectivity index (χ0) is 39.6. The maximum absolute atomic E-state index is 6.42. The van der Waals surface area contributed by atoms with E-state index in [1.54, 1.807) is 0 Å². The van der Waals surface area contributed by atoms with Gasteiger partial charge in [-0.1, -0.05) is 176 Å². The molecule has 11 aromatic carbocycles.